The van der Waals surface area contributed by atoms with Crippen LogP contribution in [0.1, 0.15) is 121 Å². The van der Waals surface area contributed by atoms with Crippen LogP contribution in [0.4, 0.5) is 0 Å². The fourth-order valence-corrected chi connectivity index (χ4v) is 12.9. The lowest BCUT2D eigenvalue weighted by Crippen LogP contribution is -2.55. The van der Waals surface area contributed by atoms with Gasteiger partial charge < -0.3 is 0 Å². The molecule has 1 N–H and O–H groups in total. The van der Waals surface area contributed by atoms with Gasteiger partial charge in [0.15, 0.2) is 0 Å². The van der Waals surface area contributed by atoms with E-state index in [-0.39, 0.29) is 17.2 Å². The molecule has 4 saturated carbocycles. The molecule has 4 aliphatic rings. The lowest BCUT2D eigenvalue weighted by atomic mass is 9.42. The van der Waals surface area contributed by atoms with Gasteiger partial charge in [-0.3, -0.25) is 4.79 Å². The van der Waals surface area contributed by atoms with Gasteiger partial charge in [-0.15, -0.1) is 0 Å². The van der Waals surface area contributed by atoms with E-state index in [4.69, 9.17) is 0 Å². The van der Waals surface area contributed by atoms with Crippen LogP contribution < -0.4 is 4.72 Å². The third-order valence-electron chi connectivity index (χ3n) is 13.0. The lowest BCUT2D eigenvalue weighted by molar-refractivity contribution is -0.138. The van der Waals surface area contributed by atoms with E-state index in [2.05, 4.69) is 32.4 Å². The van der Waals surface area contributed by atoms with Crippen molar-refractivity contribution in [1.29, 1.82) is 0 Å². The molecule has 0 saturated heterocycles. The van der Waals surface area contributed by atoms with E-state index in [1.807, 2.05) is 19.1 Å². The van der Waals surface area contributed by atoms with E-state index in [0.717, 1.165) is 41.6 Å². The predicted octanol–water partition coefficient (Wildman–Crippen LogP) is 8.52. The molecule has 5 heteroatoms. The van der Waals surface area contributed by atoms with Gasteiger partial charge in [-0.05, 0) is 136 Å². The van der Waals surface area contributed by atoms with Gasteiger partial charge >= 0.3 is 0 Å². The summed E-state index contributed by atoms with van der Waals surface area (Å²) in [7, 11) is -3.87. The molecule has 0 bridgehead atoms. The molecule has 4 aliphatic carbocycles. The van der Waals surface area contributed by atoms with E-state index in [1.54, 1.807) is 13.8 Å². The van der Waals surface area contributed by atoms with Crippen molar-refractivity contribution in [2.75, 3.05) is 0 Å². The Bertz CT molecular complexity index is 1200. The zero-order valence-electron chi connectivity index (χ0n) is 26.3. The number of fused-ring (bicyclic) bond motifs is 5. The highest BCUT2D eigenvalue weighted by Gasteiger charge is 2.61. The second-order valence-electron chi connectivity index (χ2n) is 15.1. The first-order valence-electron chi connectivity index (χ1n) is 16.4. The van der Waals surface area contributed by atoms with E-state index in [9.17, 15) is 13.2 Å². The number of nitrogens with one attached hydrogen (secondary N) is 1. The smallest absolute Gasteiger partial charge is 0.264 e. The average molecular weight is 570 g/mol. The fourth-order valence-electron chi connectivity index (χ4n) is 11.4. The van der Waals surface area contributed by atoms with Gasteiger partial charge in [-0.1, -0.05) is 64.7 Å². The van der Waals surface area contributed by atoms with Crippen LogP contribution in [-0.4, -0.2) is 14.3 Å². The molecule has 224 valence electrons. The molecule has 40 heavy (non-hydrogen) atoms. The Morgan fingerprint density at radius 1 is 0.950 bits per heavy atom. The number of hydrogen-bond donors (Lipinski definition) is 1. The second kappa shape index (κ2) is 11.0. The molecule has 0 aromatic heterocycles. The van der Waals surface area contributed by atoms with E-state index in [0.29, 0.717) is 33.8 Å². The van der Waals surface area contributed by atoms with Crippen molar-refractivity contribution in [3.8, 4) is 0 Å². The number of benzene rings is 1. The second-order valence-corrected chi connectivity index (χ2v) is 16.8. The molecule has 0 aliphatic heterocycles. The first-order chi connectivity index (χ1) is 18.8. The Morgan fingerprint density at radius 3 is 2.30 bits per heavy atom. The van der Waals surface area contributed by atoms with Gasteiger partial charge in [-0.2, -0.15) is 0 Å². The molecule has 4 fully saturated rings. The van der Waals surface area contributed by atoms with Crippen LogP contribution >= 0.6 is 0 Å². The van der Waals surface area contributed by atoms with Crippen molar-refractivity contribution in [3.05, 3.63) is 28.8 Å². The van der Waals surface area contributed by atoms with Gasteiger partial charge in [-0.25, -0.2) is 13.1 Å². The normalized spacial score (nSPS) is 38.2. The molecule has 1 amide bonds. The standard InChI is InChI=1S/C35H55NO3S/c1-8-26-21-27-30-14-13-28(35(30,7)18-16-31(27)34(6)17-10-9-11-29(26)34)23(3)12-15-32(37)36-40(38,39)33-24(4)19-22(2)20-25(33)5/h19-20,23,26-31H,8-18,21H2,1-7H3,(H,36,37)/t23-,26+,27?,28-,29+,30?,31?,34+,35-/m1/s1. The summed E-state index contributed by atoms with van der Waals surface area (Å²) in [4.78, 5) is 13.2. The monoisotopic (exact) mass is 569 g/mol. The van der Waals surface area contributed by atoms with Gasteiger partial charge in [0, 0.05) is 6.42 Å². The lowest BCUT2D eigenvalue weighted by Gasteiger charge is -2.63. The third kappa shape index (κ3) is 5.09. The summed E-state index contributed by atoms with van der Waals surface area (Å²) in [5.74, 6) is 5.10. The number of rotatable bonds is 7. The summed E-state index contributed by atoms with van der Waals surface area (Å²) < 4.78 is 28.6. The molecular weight excluding hydrogens is 514 g/mol. The maximum Gasteiger partial charge on any atom is 0.264 e. The maximum atomic E-state index is 13.1. The predicted molar refractivity (Wildman–Crippen MR) is 163 cm³/mol. The number of aryl methyl sites for hydroxylation is 3. The van der Waals surface area contributed by atoms with Crippen LogP contribution in [0.5, 0.6) is 0 Å². The molecule has 9 atom stereocenters. The number of carbonyl (C=O) groups excluding carboxylic acids is 1. The molecule has 4 nitrogen and oxygen atoms in total. The molecule has 1 aromatic rings. The molecule has 0 heterocycles. The Labute approximate surface area is 244 Å². The van der Waals surface area contributed by atoms with Gasteiger partial charge in [0.2, 0.25) is 5.91 Å². The molecular formula is C35H55NO3S. The maximum absolute atomic E-state index is 13.1. The summed E-state index contributed by atoms with van der Waals surface area (Å²) in [5.41, 5.74) is 3.30. The molecule has 1 aromatic carbocycles. The Hall–Kier alpha value is -1.36. The van der Waals surface area contributed by atoms with Crippen molar-refractivity contribution in [1.82, 2.24) is 4.72 Å². The molecule has 5 rings (SSSR count). The summed E-state index contributed by atoms with van der Waals surface area (Å²) in [5, 5.41) is 0. The SMILES string of the molecule is CC[C@H]1CC2C3CC[C@H]([C@H](C)CCC(=O)NS(=O)(=O)c4c(C)cc(C)cc4C)[C@@]3(C)CCC2[C@@]2(C)CCCC[C@@H]12. The summed E-state index contributed by atoms with van der Waals surface area (Å²) >= 11 is 0. The van der Waals surface area contributed by atoms with Crippen LogP contribution in [0.25, 0.3) is 0 Å². The minimum Gasteiger partial charge on any atom is -0.274 e. The van der Waals surface area contributed by atoms with Crippen molar-refractivity contribution in [2.24, 2.45) is 52.3 Å². The van der Waals surface area contributed by atoms with Crippen LogP contribution in [0.2, 0.25) is 0 Å². The third-order valence-corrected chi connectivity index (χ3v) is 14.7. The van der Waals surface area contributed by atoms with Crippen LogP contribution in [0.15, 0.2) is 17.0 Å². The highest BCUT2D eigenvalue weighted by molar-refractivity contribution is 7.90. The highest BCUT2D eigenvalue weighted by atomic mass is 32.2. The summed E-state index contributed by atoms with van der Waals surface area (Å²) in [6, 6.07) is 3.73. The quantitative estimate of drug-likeness (QED) is 0.358. The minimum atomic E-state index is -3.87. The number of sulfonamides is 1. The Morgan fingerprint density at radius 2 is 1.62 bits per heavy atom. The largest absolute Gasteiger partial charge is 0.274 e. The van der Waals surface area contributed by atoms with E-state index < -0.39 is 10.0 Å². The van der Waals surface area contributed by atoms with Crippen LogP contribution in [0, 0.1) is 73.0 Å². The Kier molecular flexibility index (Phi) is 8.31. The summed E-state index contributed by atoms with van der Waals surface area (Å²) in [6.45, 7) is 15.6. The molecule has 0 radical (unpaired) electrons. The van der Waals surface area contributed by atoms with Crippen molar-refractivity contribution < 1.29 is 13.2 Å². The zero-order valence-corrected chi connectivity index (χ0v) is 27.1. The van der Waals surface area contributed by atoms with E-state index >= 15 is 0 Å². The number of amides is 1. The average Bonchev–Trinajstić information content (AvgIpc) is 3.22. The van der Waals surface area contributed by atoms with Gasteiger partial charge in [0.05, 0.1) is 4.90 Å². The first kappa shape index (κ1) is 30.1. The number of carbonyl (C=O) groups is 1. The highest BCUT2D eigenvalue weighted by Crippen LogP contribution is 2.69. The Balaban J connectivity index is 1.24. The van der Waals surface area contributed by atoms with E-state index in [1.165, 1.54) is 64.2 Å². The summed E-state index contributed by atoms with van der Waals surface area (Å²) in [6.07, 6.45) is 14.9. The minimum absolute atomic E-state index is 0.245. The van der Waals surface area contributed by atoms with Crippen molar-refractivity contribution >= 4 is 15.9 Å². The topological polar surface area (TPSA) is 63.2 Å². The van der Waals surface area contributed by atoms with Crippen LogP contribution in [0.3, 0.4) is 0 Å². The van der Waals surface area contributed by atoms with Gasteiger partial charge in [0.25, 0.3) is 10.0 Å². The number of hydrogen-bond acceptors (Lipinski definition) is 3. The van der Waals surface area contributed by atoms with Crippen molar-refractivity contribution in [2.45, 2.75) is 130 Å². The molecule has 0 spiro atoms. The fraction of sp³-hybridized carbons (Fsp3) is 0.800. The zero-order chi connectivity index (χ0) is 29.0. The first-order valence-corrected chi connectivity index (χ1v) is 17.9. The van der Waals surface area contributed by atoms with Crippen molar-refractivity contribution in [3.63, 3.8) is 0 Å². The van der Waals surface area contributed by atoms with Gasteiger partial charge in [0.1, 0.15) is 0 Å². The molecule has 3 unspecified atom stereocenters. The van der Waals surface area contributed by atoms with Crippen LogP contribution in [-0.2, 0) is 14.8 Å².